The zero-order chi connectivity index (χ0) is 24.6. The molecular weight excluding hydrogens is 478 g/mol. The summed E-state index contributed by atoms with van der Waals surface area (Å²) >= 11 is 1.35. The number of sulfonamides is 1. The van der Waals surface area contributed by atoms with Gasteiger partial charge in [0.1, 0.15) is 0 Å². The lowest BCUT2D eigenvalue weighted by atomic mass is 9.94. The topological polar surface area (TPSA) is 79.4 Å². The Morgan fingerprint density at radius 3 is 2.37 bits per heavy atom. The highest BCUT2D eigenvalue weighted by molar-refractivity contribution is 7.89. The number of fused-ring (bicyclic) bond motifs is 1. The number of nitrogens with one attached hydrogen (secondary N) is 1. The first kappa shape index (κ1) is 23.7. The number of piperidine rings is 1. The van der Waals surface area contributed by atoms with Crippen LogP contribution in [0, 0.1) is 11.8 Å². The maximum Gasteiger partial charge on any atom is 0.257 e. The van der Waals surface area contributed by atoms with E-state index in [0.717, 1.165) is 28.5 Å². The quantitative estimate of drug-likeness (QED) is 0.367. The number of aromatic nitrogens is 1. The van der Waals surface area contributed by atoms with Crippen molar-refractivity contribution in [2.24, 2.45) is 11.8 Å². The summed E-state index contributed by atoms with van der Waals surface area (Å²) in [5.74, 6) is 0.335. The molecule has 5 rings (SSSR count). The maximum absolute atomic E-state index is 13.1. The van der Waals surface area contributed by atoms with Crippen molar-refractivity contribution in [1.29, 1.82) is 0 Å². The van der Waals surface area contributed by atoms with Gasteiger partial charge in [0, 0.05) is 29.6 Å². The van der Waals surface area contributed by atoms with Crippen LogP contribution in [-0.2, 0) is 10.0 Å². The molecule has 0 saturated carbocycles. The van der Waals surface area contributed by atoms with Gasteiger partial charge in [-0.05, 0) is 59.4 Å². The van der Waals surface area contributed by atoms with Crippen LogP contribution in [0.1, 0.15) is 30.6 Å². The van der Waals surface area contributed by atoms with E-state index in [1.54, 1.807) is 16.4 Å². The van der Waals surface area contributed by atoms with E-state index in [1.165, 1.54) is 23.5 Å². The minimum Gasteiger partial charge on any atom is -0.298 e. The third kappa shape index (κ3) is 5.00. The maximum atomic E-state index is 13.1. The lowest BCUT2D eigenvalue weighted by Crippen LogP contribution is -2.42. The molecule has 0 bridgehead atoms. The van der Waals surface area contributed by atoms with Gasteiger partial charge in [-0.2, -0.15) is 4.31 Å². The molecular formula is C27H27N3O3S2. The molecule has 4 aromatic rings. The van der Waals surface area contributed by atoms with Crippen LogP contribution >= 0.6 is 11.3 Å². The number of benzene rings is 3. The molecule has 2 unspecified atom stereocenters. The largest absolute Gasteiger partial charge is 0.298 e. The zero-order valence-electron chi connectivity index (χ0n) is 19.6. The lowest BCUT2D eigenvalue weighted by molar-refractivity contribution is 0.102. The monoisotopic (exact) mass is 505 g/mol. The SMILES string of the molecule is CC1CC(C)CN(S(=O)(=O)c2ccc(C(=O)Nc3nc(-c4ccc5ccccc5c4)cs3)cc2)C1. The van der Waals surface area contributed by atoms with Gasteiger partial charge in [0.2, 0.25) is 10.0 Å². The smallest absolute Gasteiger partial charge is 0.257 e. The lowest BCUT2D eigenvalue weighted by Gasteiger charge is -2.34. The molecule has 1 N–H and O–H groups in total. The molecule has 1 amide bonds. The zero-order valence-corrected chi connectivity index (χ0v) is 21.3. The Bertz CT molecular complexity index is 1470. The molecule has 2 atom stereocenters. The van der Waals surface area contributed by atoms with Crippen molar-refractivity contribution in [2.45, 2.75) is 25.2 Å². The molecule has 1 aromatic heterocycles. The Hall–Kier alpha value is -3.07. The highest BCUT2D eigenvalue weighted by Gasteiger charge is 2.31. The predicted octanol–water partition coefficient (Wildman–Crippen LogP) is 5.88. The Morgan fingerprint density at radius 2 is 1.66 bits per heavy atom. The second-order valence-corrected chi connectivity index (χ2v) is 12.1. The first-order valence-electron chi connectivity index (χ1n) is 11.7. The van der Waals surface area contributed by atoms with Crippen molar-refractivity contribution in [2.75, 3.05) is 18.4 Å². The Balaban J connectivity index is 1.29. The van der Waals surface area contributed by atoms with Crippen molar-refractivity contribution < 1.29 is 13.2 Å². The van der Waals surface area contributed by atoms with Gasteiger partial charge in [0.25, 0.3) is 5.91 Å². The fourth-order valence-electron chi connectivity index (χ4n) is 4.71. The highest BCUT2D eigenvalue weighted by Crippen LogP contribution is 2.29. The van der Waals surface area contributed by atoms with Crippen LogP contribution in [0.15, 0.2) is 77.0 Å². The third-order valence-corrected chi connectivity index (χ3v) is 8.96. The van der Waals surface area contributed by atoms with E-state index in [4.69, 9.17) is 0 Å². The molecule has 0 radical (unpaired) electrons. The van der Waals surface area contributed by atoms with Crippen molar-refractivity contribution >= 4 is 43.2 Å². The van der Waals surface area contributed by atoms with Gasteiger partial charge in [-0.3, -0.25) is 10.1 Å². The summed E-state index contributed by atoms with van der Waals surface area (Å²) in [4.78, 5) is 17.6. The summed E-state index contributed by atoms with van der Waals surface area (Å²) < 4.78 is 27.7. The van der Waals surface area contributed by atoms with Gasteiger partial charge in [0.05, 0.1) is 10.6 Å². The van der Waals surface area contributed by atoms with Gasteiger partial charge in [0.15, 0.2) is 5.13 Å². The summed E-state index contributed by atoms with van der Waals surface area (Å²) in [6.07, 6.45) is 1.03. The van der Waals surface area contributed by atoms with Crippen molar-refractivity contribution in [3.05, 3.63) is 77.7 Å². The van der Waals surface area contributed by atoms with Gasteiger partial charge < -0.3 is 0 Å². The fourth-order valence-corrected chi connectivity index (χ4v) is 7.11. The van der Waals surface area contributed by atoms with Crippen LogP contribution in [0.25, 0.3) is 22.0 Å². The van der Waals surface area contributed by atoms with Gasteiger partial charge in [-0.15, -0.1) is 11.3 Å². The van der Waals surface area contributed by atoms with Crippen LogP contribution in [0.3, 0.4) is 0 Å². The van der Waals surface area contributed by atoms with Crippen LogP contribution < -0.4 is 5.32 Å². The van der Waals surface area contributed by atoms with Gasteiger partial charge in [-0.25, -0.2) is 13.4 Å². The normalized spacial score (nSPS) is 19.0. The van der Waals surface area contributed by atoms with Gasteiger partial charge >= 0.3 is 0 Å². The van der Waals surface area contributed by atoms with Crippen molar-refractivity contribution in [3.8, 4) is 11.3 Å². The first-order valence-corrected chi connectivity index (χ1v) is 14.0. The summed E-state index contributed by atoms with van der Waals surface area (Å²) in [5.41, 5.74) is 2.16. The number of rotatable bonds is 5. The summed E-state index contributed by atoms with van der Waals surface area (Å²) in [6, 6.07) is 20.4. The fraction of sp³-hybridized carbons (Fsp3) is 0.259. The van der Waals surface area contributed by atoms with E-state index in [2.05, 4.69) is 48.4 Å². The van der Waals surface area contributed by atoms with Gasteiger partial charge in [-0.1, -0.05) is 50.2 Å². The van der Waals surface area contributed by atoms with Crippen molar-refractivity contribution in [3.63, 3.8) is 0 Å². The number of thiazole rings is 1. The van der Waals surface area contributed by atoms with Crippen molar-refractivity contribution in [1.82, 2.24) is 9.29 Å². The van der Waals surface area contributed by atoms with E-state index in [9.17, 15) is 13.2 Å². The average Bonchev–Trinajstić information content (AvgIpc) is 3.31. The molecule has 3 aromatic carbocycles. The number of carbonyl (C=O) groups excluding carboxylic acids is 1. The van der Waals surface area contributed by atoms with Crippen LogP contribution in [0.5, 0.6) is 0 Å². The molecule has 1 aliphatic rings. The molecule has 8 heteroatoms. The molecule has 35 heavy (non-hydrogen) atoms. The Labute approximate surface area is 209 Å². The number of hydrogen-bond acceptors (Lipinski definition) is 5. The average molecular weight is 506 g/mol. The molecule has 180 valence electrons. The third-order valence-electron chi connectivity index (χ3n) is 6.36. The summed E-state index contributed by atoms with van der Waals surface area (Å²) in [6.45, 7) is 5.21. The van der Waals surface area contributed by atoms with E-state index >= 15 is 0 Å². The number of nitrogens with zero attached hydrogens (tertiary/aromatic N) is 2. The number of carbonyl (C=O) groups is 1. The molecule has 1 fully saturated rings. The number of hydrogen-bond donors (Lipinski definition) is 1. The minimum atomic E-state index is -3.58. The van der Waals surface area contributed by atoms with E-state index in [0.29, 0.717) is 35.6 Å². The molecule has 1 aliphatic heterocycles. The predicted molar refractivity (Wildman–Crippen MR) is 141 cm³/mol. The Morgan fingerprint density at radius 1 is 0.971 bits per heavy atom. The molecule has 6 nitrogen and oxygen atoms in total. The van der Waals surface area contributed by atoms with E-state index in [-0.39, 0.29) is 10.8 Å². The second kappa shape index (κ2) is 9.53. The second-order valence-electron chi connectivity index (χ2n) is 9.35. The van der Waals surface area contributed by atoms with Crippen LogP contribution in [-0.4, -0.2) is 36.7 Å². The van der Waals surface area contributed by atoms with E-state index in [1.807, 2.05) is 23.6 Å². The molecule has 0 aliphatic carbocycles. The highest BCUT2D eigenvalue weighted by atomic mass is 32.2. The first-order chi connectivity index (χ1) is 16.8. The minimum absolute atomic E-state index is 0.211. The summed E-state index contributed by atoms with van der Waals surface area (Å²) in [7, 11) is -3.58. The molecule has 1 saturated heterocycles. The van der Waals surface area contributed by atoms with E-state index < -0.39 is 10.0 Å². The number of anilines is 1. The molecule has 0 spiro atoms. The van der Waals surface area contributed by atoms with Crippen LogP contribution in [0.2, 0.25) is 0 Å². The molecule has 2 heterocycles. The standard InChI is InChI=1S/C27H27N3O3S2/c1-18-13-19(2)16-30(15-18)35(32,33)24-11-9-21(10-12-24)26(31)29-27-28-25(17-34-27)23-8-7-20-5-3-4-6-22(20)14-23/h3-12,14,17-19H,13,15-16H2,1-2H3,(H,28,29,31). The Kier molecular flexibility index (Phi) is 6.44. The summed E-state index contributed by atoms with van der Waals surface area (Å²) in [5, 5.41) is 7.53. The van der Waals surface area contributed by atoms with Crippen LogP contribution in [0.4, 0.5) is 5.13 Å². The number of amides is 1.